The molecule has 1 aromatic carbocycles. The Bertz CT molecular complexity index is 447. The number of hydrogen-bond donors (Lipinski definition) is 1. The van der Waals surface area contributed by atoms with E-state index in [2.05, 4.69) is 0 Å². The van der Waals surface area contributed by atoms with E-state index >= 15 is 0 Å². The van der Waals surface area contributed by atoms with Gasteiger partial charge in [0.05, 0.1) is 6.61 Å². The van der Waals surface area contributed by atoms with E-state index in [9.17, 15) is 4.79 Å². The number of carbonyl (C=O) groups excluding carboxylic acids is 1. The molecule has 0 saturated heterocycles. The van der Waals surface area contributed by atoms with Gasteiger partial charge >= 0.3 is 0 Å². The first-order chi connectivity index (χ1) is 9.20. The molecule has 0 unspecified atom stereocenters. The van der Waals surface area contributed by atoms with Crippen molar-refractivity contribution in [3.05, 3.63) is 23.8 Å². The first-order valence-electron chi connectivity index (χ1n) is 6.44. The van der Waals surface area contributed by atoms with Crippen molar-refractivity contribution in [3.8, 4) is 11.5 Å². The fourth-order valence-electron chi connectivity index (χ4n) is 1.95. The average Bonchev–Trinajstić information content (AvgIpc) is 2.44. The number of fused-ring (bicyclic) bond motifs is 1. The van der Waals surface area contributed by atoms with Gasteiger partial charge in [0, 0.05) is 20.0 Å². The van der Waals surface area contributed by atoms with E-state index in [1.807, 2.05) is 18.2 Å². The Kier molecular flexibility index (Phi) is 4.63. The third kappa shape index (κ3) is 3.61. The summed E-state index contributed by atoms with van der Waals surface area (Å²) in [6.07, 6.45) is 0.932. The van der Waals surface area contributed by atoms with Crippen LogP contribution in [0.3, 0.4) is 0 Å². The molecule has 2 rings (SSSR count). The number of hydrogen-bond acceptors (Lipinski definition) is 4. The molecule has 0 saturated carbocycles. The molecule has 0 fully saturated rings. The molecule has 0 aromatic heterocycles. The number of aliphatic hydroxyl groups is 1. The maximum absolute atomic E-state index is 11.5. The largest absolute Gasteiger partial charge is 0.486 e. The number of likely N-dealkylation sites (N-methyl/N-ethyl adjacent to an activating group) is 1. The van der Waals surface area contributed by atoms with Gasteiger partial charge in [0.15, 0.2) is 11.5 Å². The maximum Gasteiger partial charge on any atom is 0.224 e. The number of amides is 1. The Morgan fingerprint density at radius 1 is 1.32 bits per heavy atom. The van der Waals surface area contributed by atoms with Gasteiger partial charge in [0.25, 0.3) is 0 Å². The lowest BCUT2D eigenvalue weighted by Crippen LogP contribution is -2.29. The monoisotopic (exact) mass is 265 g/mol. The van der Waals surface area contributed by atoms with Gasteiger partial charge in [-0.2, -0.15) is 0 Å². The second-order valence-electron chi connectivity index (χ2n) is 4.52. The predicted octanol–water partition coefficient (Wildman–Crippen LogP) is 0.841. The number of nitrogens with zero attached hydrogens (tertiary/aromatic N) is 1. The second kappa shape index (κ2) is 6.43. The summed E-state index contributed by atoms with van der Waals surface area (Å²) in [6, 6.07) is 5.84. The molecule has 19 heavy (non-hydrogen) atoms. The van der Waals surface area contributed by atoms with Gasteiger partial charge in [-0.3, -0.25) is 4.79 Å². The third-order valence-electron chi connectivity index (χ3n) is 3.09. The van der Waals surface area contributed by atoms with Gasteiger partial charge in [-0.05, 0) is 24.1 Å². The van der Waals surface area contributed by atoms with Crippen molar-refractivity contribution in [1.82, 2.24) is 4.90 Å². The summed E-state index contributed by atoms with van der Waals surface area (Å²) in [7, 11) is 1.75. The lowest BCUT2D eigenvalue weighted by molar-refractivity contribution is -0.130. The van der Waals surface area contributed by atoms with Crippen LogP contribution in [-0.4, -0.2) is 49.3 Å². The van der Waals surface area contributed by atoms with Gasteiger partial charge in [-0.1, -0.05) is 6.07 Å². The van der Waals surface area contributed by atoms with Crippen LogP contribution >= 0.6 is 0 Å². The molecule has 0 aliphatic carbocycles. The van der Waals surface area contributed by atoms with Crippen LogP contribution in [0.1, 0.15) is 12.0 Å². The summed E-state index contributed by atoms with van der Waals surface area (Å²) in [5.41, 5.74) is 1.10. The van der Waals surface area contributed by atoms with Crippen molar-refractivity contribution in [3.63, 3.8) is 0 Å². The highest BCUT2D eigenvalue weighted by Crippen LogP contribution is 2.30. The lowest BCUT2D eigenvalue weighted by atomic mass is 10.1. The van der Waals surface area contributed by atoms with Gasteiger partial charge in [-0.15, -0.1) is 0 Å². The van der Waals surface area contributed by atoms with Gasteiger partial charge in [0.2, 0.25) is 5.91 Å². The number of carbonyl (C=O) groups is 1. The molecule has 0 atom stereocenters. The van der Waals surface area contributed by atoms with E-state index in [1.54, 1.807) is 11.9 Å². The molecule has 1 heterocycles. The minimum Gasteiger partial charge on any atom is -0.486 e. The van der Waals surface area contributed by atoms with E-state index in [0.717, 1.165) is 23.5 Å². The normalized spacial score (nSPS) is 13.2. The van der Waals surface area contributed by atoms with Crippen molar-refractivity contribution in [2.45, 2.75) is 12.8 Å². The van der Waals surface area contributed by atoms with Crippen LogP contribution in [-0.2, 0) is 11.2 Å². The molecule has 0 spiro atoms. The molecule has 5 heteroatoms. The third-order valence-corrected chi connectivity index (χ3v) is 3.09. The molecule has 1 N–H and O–H groups in total. The fraction of sp³-hybridized carbons (Fsp3) is 0.500. The summed E-state index contributed by atoms with van der Waals surface area (Å²) in [5.74, 6) is 1.51. The number of ether oxygens (including phenoxy) is 2. The van der Waals surface area contributed by atoms with E-state index in [4.69, 9.17) is 14.6 Å². The summed E-state index contributed by atoms with van der Waals surface area (Å²) >= 11 is 0. The molecule has 0 radical (unpaired) electrons. The zero-order chi connectivity index (χ0) is 13.7. The van der Waals surface area contributed by atoms with E-state index in [-0.39, 0.29) is 18.9 Å². The predicted molar refractivity (Wildman–Crippen MR) is 70.5 cm³/mol. The highest BCUT2D eigenvalue weighted by Gasteiger charge is 2.12. The summed E-state index contributed by atoms with van der Waals surface area (Å²) < 4.78 is 11.0. The maximum atomic E-state index is 11.5. The Morgan fingerprint density at radius 3 is 2.79 bits per heavy atom. The summed E-state index contributed by atoms with van der Waals surface area (Å²) in [4.78, 5) is 13.2. The number of aliphatic hydroxyl groups excluding tert-OH is 1. The van der Waals surface area contributed by atoms with Crippen LogP contribution in [0.15, 0.2) is 18.2 Å². The van der Waals surface area contributed by atoms with Crippen LogP contribution in [0.2, 0.25) is 0 Å². The van der Waals surface area contributed by atoms with Gasteiger partial charge in [-0.25, -0.2) is 0 Å². The fourth-order valence-corrected chi connectivity index (χ4v) is 1.95. The average molecular weight is 265 g/mol. The summed E-state index contributed by atoms with van der Waals surface area (Å²) in [5, 5.41) is 8.73. The molecule has 1 aliphatic heterocycles. The molecular formula is C14H19NO4. The van der Waals surface area contributed by atoms with Crippen LogP contribution < -0.4 is 9.47 Å². The molecular weight excluding hydrogens is 246 g/mol. The zero-order valence-corrected chi connectivity index (χ0v) is 11.1. The first kappa shape index (κ1) is 13.7. The van der Waals surface area contributed by atoms with Gasteiger partial charge in [0.1, 0.15) is 13.2 Å². The first-order valence-corrected chi connectivity index (χ1v) is 6.44. The smallest absolute Gasteiger partial charge is 0.224 e. The van der Waals surface area contributed by atoms with Crippen molar-refractivity contribution in [2.24, 2.45) is 0 Å². The van der Waals surface area contributed by atoms with Crippen molar-refractivity contribution in [2.75, 3.05) is 33.4 Å². The lowest BCUT2D eigenvalue weighted by Gasteiger charge is -2.20. The standard InChI is InChI=1S/C14H19NO4/c1-15(14(17)5-7-16)6-4-11-2-3-12-13(10-11)19-9-8-18-12/h2-3,10,16H,4-9H2,1H3. The Labute approximate surface area is 112 Å². The highest BCUT2D eigenvalue weighted by atomic mass is 16.6. The Morgan fingerprint density at radius 2 is 2.05 bits per heavy atom. The van der Waals surface area contributed by atoms with Crippen molar-refractivity contribution in [1.29, 1.82) is 0 Å². The van der Waals surface area contributed by atoms with Crippen molar-refractivity contribution < 1.29 is 19.4 Å². The topological polar surface area (TPSA) is 59.0 Å². The van der Waals surface area contributed by atoms with Gasteiger partial charge < -0.3 is 19.5 Å². The van der Waals surface area contributed by atoms with E-state index in [0.29, 0.717) is 19.8 Å². The number of rotatable bonds is 5. The minimum absolute atomic E-state index is 0.0416. The zero-order valence-electron chi connectivity index (χ0n) is 11.1. The SMILES string of the molecule is CN(CCc1ccc2c(c1)OCCO2)C(=O)CCO. The van der Waals surface area contributed by atoms with E-state index < -0.39 is 0 Å². The molecule has 104 valence electrons. The Balaban J connectivity index is 1.91. The van der Waals surface area contributed by atoms with Crippen LogP contribution in [0.25, 0.3) is 0 Å². The molecule has 1 aliphatic rings. The molecule has 1 amide bonds. The second-order valence-corrected chi connectivity index (χ2v) is 4.52. The number of benzene rings is 1. The highest BCUT2D eigenvalue weighted by molar-refractivity contribution is 5.75. The Hall–Kier alpha value is -1.75. The molecule has 5 nitrogen and oxygen atoms in total. The van der Waals surface area contributed by atoms with E-state index in [1.165, 1.54) is 0 Å². The van der Waals surface area contributed by atoms with Crippen LogP contribution in [0.4, 0.5) is 0 Å². The van der Waals surface area contributed by atoms with Crippen molar-refractivity contribution >= 4 is 5.91 Å². The van der Waals surface area contributed by atoms with Crippen LogP contribution in [0.5, 0.6) is 11.5 Å². The molecule has 1 aromatic rings. The quantitative estimate of drug-likeness (QED) is 0.857. The van der Waals surface area contributed by atoms with Crippen LogP contribution in [0, 0.1) is 0 Å². The minimum atomic E-state index is -0.104. The molecule has 0 bridgehead atoms. The summed E-state index contributed by atoms with van der Waals surface area (Å²) in [6.45, 7) is 1.68.